The molecular weight excluding hydrogens is 440 g/mol. The zero-order valence-corrected chi connectivity index (χ0v) is 20.3. The maximum absolute atomic E-state index is 13.0. The molecule has 0 aliphatic carbocycles. The van der Waals surface area contributed by atoms with Gasteiger partial charge >= 0.3 is 0 Å². The van der Waals surface area contributed by atoms with E-state index in [-0.39, 0.29) is 16.7 Å². The molecule has 1 heterocycles. The first kappa shape index (κ1) is 24.7. The second kappa shape index (κ2) is 10.8. The predicted octanol–water partition coefficient (Wildman–Crippen LogP) is 2.10. The van der Waals surface area contributed by atoms with E-state index < -0.39 is 10.0 Å². The van der Waals surface area contributed by atoms with Crippen molar-refractivity contribution in [2.45, 2.75) is 25.2 Å². The second-order valence-electron chi connectivity index (χ2n) is 8.21. The minimum absolute atomic E-state index is 0.00225. The number of hydrogen-bond donors (Lipinski definition) is 1. The summed E-state index contributed by atoms with van der Waals surface area (Å²) in [4.78, 5) is 28.9. The summed E-state index contributed by atoms with van der Waals surface area (Å²) in [7, 11) is -2.18. The number of carbonyl (C=O) groups is 2. The number of sulfonamides is 1. The zero-order chi connectivity index (χ0) is 24.0. The van der Waals surface area contributed by atoms with Crippen LogP contribution in [0.15, 0.2) is 53.4 Å². The van der Waals surface area contributed by atoms with E-state index in [0.717, 1.165) is 18.5 Å². The van der Waals surface area contributed by atoms with Crippen LogP contribution in [0.25, 0.3) is 0 Å². The molecule has 2 amide bonds. The Balaban J connectivity index is 1.65. The third kappa shape index (κ3) is 6.11. The molecule has 1 fully saturated rings. The molecule has 0 aromatic heterocycles. The van der Waals surface area contributed by atoms with Crippen molar-refractivity contribution >= 4 is 27.5 Å². The maximum atomic E-state index is 13.0. The van der Waals surface area contributed by atoms with Crippen LogP contribution in [0.3, 0.4) is 0 Å². The molecule has 2 aromatic rings. The van der Waals surface area contributed by atoms with Crippen molar-refractivity contribution < 1.29 is 18.0 Å². The van der Waals surface area contributed by atoms with E-state index in [9.17, 15) is 18.0 Å². The largest absolute Gasteiger partial charge is 0.355 e. The van der Waals surface area contributed by atoms with Gasteiger partial charge in [0.15, 0.2) is 0 Å². The van der Waals surface area contributed by atoms with Crippen LogP contribution in [0.5, 0.6) is 0 Å². The van der Waals surface area contributed by atoms with Crippen LogP contribution in [0.4, 0.5) is 5.69 Å². The molecule has 0 unspecified atom stereocenters. The molecule has 3 rings (SSSR count). The Labute approximate surface area is 196 Å². The SMILES string of the molecule is CCNC(=O)CN1CCCN(C(=O)c2ccc(N(C)S(=O)(=O)c3ccc(C)cc3)cc2)CC1. The van der Waals surface area contributed by atoms with Crippen molar-refractivity contribution in [1.29, 1.82) is 0 Å². The lowest BCUT2D eigenvalue weighted by atomic mass is 10.1. The Bertz CT molecular complexity index is 1070. The van der Waals surface area contributed by atoms with Gasteiger partial charge in [-0.3, -0.25) is 18.8 Å². The molecule has 1 saturated heterocycles. The minimum Gasteiger partial charge on any atom is -0.355 e. The highest BCUT2D eigenvalue weighted by molar-refractivity contribution is 7.92. The van der Waals surface area contributed by atoms with Gasteiger partial charge in [-0.15, -0.1) is 0 Å². The van der Waals surface area contributed by atoms with Gasteiger partial charge in [0.05, 0.1) is 17.1 Å². The molecule has 0 atom stereocenters. The van der Waals surface area contributed by atoms with Crippen LogP contribution in [0.1, 0.15) is 29.3 Å². The van der Waals surface area contributed by atoms with Gasteiger partial charge in [0.1, 0.15) is 0 Å². The van der Waals surface area contributed by atoms with Crippen LogP contribution < -0.4 is 9.62 Å². The molecule has 8 nitrogen and oxygen atoms in total. The summed E-state index contributed by atoms with van der Waals surface area (Å²) in [5.41, 5.74) is 1.98. The highest BCUT2D eigenvalue weighted by Crippen LogP contribution is 2.23. The molecule has 0 radical (unpaired) electrons. The second-order valence-corrected chi connectivity index (χ2v) is 10.2. The van der Waals surface area contributed by atoms with Crippen LogP contribution >= 0.6 is 0 Å². The molecular formula is C24H32N4O4S. The molecule has 1 N–H and O–H groups in total. The lowest BCUT2D eigenvalue weighted by molar-refractivity contribution is -0.122. The molecule has 0 spiro atoms. The van der Waals surface area contributed by atoms with Crippen molar-refractivity contribution in [2.24, 2.45) is 0 Å². The predicted molar refractivity (Wildman–Crippen MR) is 129 cm³/mol. The van der Waals surface area contributed by atoms with E-state index in [0.29, 0.717) is 44.0 Å². The number of nitrogens with zero attached hydrogens (tertiary/aromatic N) is 3. The van der Waals surface area contributed by atoms with Crippen molar-refractivity contribution in [3.8, 4) is 0 Å². The van der Waals surface area contributed by atoms with E-state index in [1.54, 1.807) is 53.4 Å². The quantitative estimate of drug-likeness (QED) is 0.667. The number of nitrogens with one attached hydrogen (secondary N) is 1. The third-order valence-electron chi connectivity index (χ3n) is 5.77. The minimum atomic E-state index is -3.69. The highest BCUT2D eigenvalue weighted by Gasteiger charge is 2.23. The number of rotatable bonds is 7. The first-order valence-corrected chi connectivity index (χ1v) is 12.6. The summed E-state index contributed by atoms with van der Waals surface area (Å²) >= 11 is 0. The Kier molecular flexibility index (Phi) is 8.10. The average molecular weight is 473 g/mol. The Morgan fingerprint density at radius 1 is 0.970 bits per heavy atom. The van der Waals surface area contributed by atoms with Gasteiger partial charge in [0.2, 0.25) is 5.91 Å². The number of likely N-dealkylation sites (N-methyl/N-ethyl adjacent to an activating group) is 1. The van der Waals surface area contributed by atoms with Crippen LogP contribution in [-0.2, 0) is 14.8 Å². The van der Waals surface area contributed by atoms with E-state index in [2.05, 4.69) is 10.2 Å². The van der Waals surface area contributed by atoms with E-state index >= 15 is 0 Å². The van der Waals surface area contributed by atoms with Crippen LogP contribution in [0, 0.1) is 6.92 Å². The molecule has 33 heavy (non-hydrogen) atoms. The fraction of sp³-hybridized carbons (Fsp3) is 0.417. The summed E-state index contributed by atoms with van der Waals surface area (Å²) in [5, 5.41) is 2.80. The number of benzene rings is 2. The molecule has 1 aliphatic heterocycles. The number of carbonyl (C=O) groups excluding carboxylic acids is 2. The summed E-state index contributed by atoms with van der Waals surface area (Å²) < 4.78 is 27.0. The lowest BCUT2D eigenvalue weighted by Gasteiger charge is -2.23. The van der Waals surface area contributed by atoms with Gasteiger partial charge in [0, 0.05) is 45.3 Å². The fourth-order valence-corrected chi connectivity index (χ4v) is 4.99. The van der Waals surface area contributed by atoms with Gasteiger partial charge in [-0.25, -0.2) is 8.42 Å². The first-order valence-electron chi connectivity index (χ1n) is 11.2. The van der Waals surface area contributed by atoms with E-state index in [1.807, 2.05) is 13.8 Å². The summed E-state index contributed by atoms with van der Waals surface area (Å²) in [5.74, 6) is -0.0944. The standard InChI is InChI=1S/C24H32N4O4S/c1-4-25-23(29)18-27-14-5-15-28(17-16-27)24(30)20-8-10-21(11-9-20)26(3)33(31,32)22-12-6-19(2)7-13-22/h6-13H,4-5,14-18H2,1-3H3,(H,25,29). The van der Waals surface area contributed by atoms with Crippen molar-refractivity contribution in [2.75, 3.05) is 50.6 Å². The van der Waals surface area contributed by atoms with Gasteiger partial charge in [-0.05, 0) is 56.7 Å². The van der Waals surface area contributed by atoms with Gasteiger partial charge in [-0.1, -0.05) is 17.7 Å². The zero-order valence-electron chi connectivity index (χ0n) is 19.5. The molecule has 0 saturated carbocycles. The van der Waals surface area contributed by atoms with Crippen molar-refractivity contribution in [1.82, 2.24) is 15.1 Å². The van der Waals surface area contributed by atoms with Crippen molar-refractivity contribution in [3.63, 3.8) is 0 Å². The molecule has 1 aliphatic rings. The summed E-state index contributed by atoms with van der Waals surface area (Å²) in [6.07, 6.45) is 0.792. The topological polar surface area (TPSA) is 90.0 Å². The smallest absolute Gasteiger partial charge is 0.264 e. The summed E-state index contributed by atoms with van der Waals surface area (Å²) in [6, 6.07) is 13.3. The van der Waals surface area contributed by atoms with E-state index in [4.69, 9.17) is 0 Å². The van der Waals surface area contributed by atoms with Gasteiger partial charge in [0.25, 0.3) is 15.9 Å². The lowest BCUT2D eigenvalue weighted by Crippen LogP contribution is -2.40. The van der Waals surface area contributed by atoms with Gasteiger partial charge < -0.3 is 10.2 Å². The molecule has 9 heteroatoms. The highest BCUT2D eigenvalue weighted by atomic mass is 32.2. The maximum Gasteiger partial charge on any atom is 0.264 e. The number of aryl methyl sites for hydroxylation is 1. The Hall–Kier alpha value is -2.91. The fourth-order valence-electron chi connectivity index (χ4n) is 3.79. The normalized spacial score (nSPS) is 15.1. The number of anilines is 1. The first-order chi connectivity index (χ1) is 15.7. The summed E-state index contributed by atoms with van der Waals surface area (Å²) in [6.45, 7) is 7.31. The Morgan fingerprint density at radius 3 is 2.27 bits per heavy atom. The van der Waals surface area contributed by atoms with Gasteiger partial charge in [-0.2, -0.15) is 0 Å². The van der Waals surface area contributed by atoms with E-state index in [1.165, 1.54) is 11.4 Å². The molecule has 2 aromatic carbocycles. The third-order valence-corrected chi connectivity index (χ3v) is 7.57. The molecule has 0 bridgehead atoms. The number of hydrogen-bond acceptors (Lipinski definition) is 5. The van der Waals surface area contributed by atoms with Crippen LogP contribution in [0.2, 0.25) is 0 Å². The van der Waals surface area contributed by atoms with Crippen molar-refractivity contribution in [3.05, 3.63) is 59.7 Å². The number of amides is 2. The van der Waals surface area contributed by atoms with Crippen LogP contribution in [-0.4, -0.2) is 76.3 Å². The molecule has 178 valence electrons. The average Bonchev–Trinajstić information content (AvgIpc) is 3.04. The monoisotopic (exact) mass is 472 g/mol. The Morgan fingerprint density at radius 2 is 1.64 bits per heavy atom.